The van der Waals surface area contributed by atoms with Crippen LogP contribution in [0.25, 0.3) is 0 Å². The van der Waals surface area contributed by atoms with Crippen molar-refractivity contribution < 1.29 is 4.79 Å². The third kappa shape index (κ3) is 3.04. The van der Waals surface area contributed by atoms with Gasteiger partial charge >= 0.3 is 0 Å². The Morgan fingerprint density at radius 1 is 1.44 bits per heavy atom. The summed E-state index contributed by atoms with van der Waals surface area (Å²) in [5, 5.41) is 7.74. The molecule has 2 rings (SSSR count). The van der Waals surface area contributed by atoms with Crippen LogP contribution in [-0.2, 0) is 6.42 Å². The van der Waals surface area contributed by atoms with E-state index in [1.54, 1.807) is 42.2 Å². The van der Waals surface area contributed by atoms with Crippen molar-refractivity contribution >= 4 is 23.1 Å². The number of pyridine rings is 1. The summed E-state index contributed by atoms with van der Waals surface area (Å²) in [4.78, 5) is 20.2. The highest BCUT2D eigenvalue weighted by molar-refractivity contribution is 7.07. The summed E-state index contributed by atoms with van der Waals surface area (Å²) in [6.45, 7) is 0.570. The van der Waals surface area contributed by atoms with Crippen molar-refractivity contribution in [2.24, 2.45) is 0 Å². The molecule has 0 fully saturated rings. The van der Waals surface area contributed by atoms with E-state index in [4.69, 9.17) is 0 Å². The van der Waals surface area contributed by atoms with Gasteiger partial charge in [-0.05, 0) is 12.1 Å². The molecule has 2 aromatic heterocycles. The van der Waals surface area contributed by atoms with Crippen LogP contribution in [0.1, 0.15) is 16.1 Å². The Morgan fingerprint density at radius 3 is 3.06 bits per heavy atom. The lowest BCUT2D eigenvalue weighted by molar-refractivity contribution is 0.0954. The Kier molecular flexibility index (Phi) is 4.25. The molecule has 6 heteroatoms. The molecule has 2 N–H and O–H groups in total. The molecule has 18 heavy (non-hydrogen) atoms. The van der Waals surface area contributed by atoms with Gasteiger partial charge in [0.1, 0.15) is 5.82 Å². The van der Waals surface area contributed by atoms with Gasteiger partial charge in [-0.25, -0.2) is 9.97 Å². The van der Waals surface area contributed by atoms with Crippen molar-refractivity contribution in [1.29, 1.82) is 0 Å². The van der Waals surface area contributed by atoms with E-state index in [9.17, 15) is 4.79 Å². The van der Waals surface area contributed by atoms with Crippen LogP contribution in [0.5, 0.6) is 0 Å². The van der Waals surface area contributed by atoms with Gasteiger partial charge in [0.05, 0.1) is 16.8 Å². The Morgan fingerprint density at radius 2 is 2.33 bits per heavy atom. The zero-order chi connectivity index (χ0) is 12.8. The number of hydrogen-bond donors (Lipinski definition) is 2. The van der Waals surface area contributed by atoms with Crippen LogP contribution < -0.4 is 10.6 Å². The summed E-state index contributed by atoms with van der Waals surface area (Å²) >= 11 is 1.56. The van der Waals surface area contributed by atoms with Crippen molar-refractivity contribution in [1.82, 2.24) is 15.3 Å². The van der Waals surface area contributed by atoms with Crippen LogP contribution in [-0.4, -0.2) is 29.5 Å². The molecule has 0 atom stereocenters. The number of hydrogen-bond acceptors (Lipinski definition) is 5. The number of rotatable bonds is 5. The predicted octanol–water partition coefficient (Wildman–Crippen LogP) is 1.55. The van der Waals surface area contributed by atoms with Crippen LogP contribution in [0, 0.1) is 0 Å². The maximum absolute atomic E-state index is 11.9. The number of aromatic nitrogens is 2. The molecule has 1 amide bonds. The summed E-state index contributed by atoms with van der Waals surface area (Å²) in [7, 11) is 1.74. The fourth-order valence-corrected chi connectivity index (χ4v) is 2.14. The third-order valence-electron chi connectivity index (χ3n) is 2.44. The highest BCUT2D eigenvalue weighted by Crippen LogP contribution is 2.10. The van der Waals surface area contributed by atoms with Gasteiger partial charge in [0, 0.05) is 31.6 Å². The molecule has 0 aliphatic heterocycles. The second-order valence-electron chi connectivity index (χ2n) is 3.64. The first-order chi connectivity index (χ1) is 8.81. The second kappa shape index (κ2) is 6.11. The van der Waals surface area contributed by atoms with Crippen molar-refractivity contribution in [3.8, 4) is 0 Å². The second-order valence-corrected chi connectivity index (χ2v) is 4.35. The van der Waals surface area contributed by atoms with Gasteiger partial charge in [-0.2, -0.15) is 0 Å². The molecule has 0 aliphatic carbocycles. The molecule has 2 heterocycles. The number of nitrogens with one attached hydrogen (secondary N) is 2. The van der Waals surface area contributed by atoms with Gasteiger partial charge in [0.2, 0.25) is 0 Å². The van der Waals surface area contributed by atoms with Crippen LogP contribution in [0.2, 0.25) is 0 Å². The highest BCUT2D eigenvalue weighted by Gasteiger charge is 2.10. The van der Waals surface area contributed by atoms with Gasteiger partial charge in [-0.15, -0.1) is 11.3 Å². The third-order valence-corrected chi connectivity index (χ3v) is 3.07. The Bertz CT molecular complexity index is 513. The normalized spacial score (nSPS) is 10.1. The lowest BCUT2D eigenvalue weighted by Gasteiger charge is -2.07. The Labute approximate surface area is 109 Å². The quantitative estimate of drug-likeness (QED) is 0.858. The Hall–Kier alpha value is -1.95. The largest absolute Gasteiger partial charge is 0.372 e. The van der Waals surface area contributed by atoms with E-state index in [2.05, 4.69) is 20.6 Å². The summed E-state index contributed by atoms with van der Waals surface area (Å²) in [6, 6.07) is 3.49. The smallest absolute Gasteiger partial charge is 0.255 e. The van der Waals surface area contributed by atoms with E-state index in [-0.39, 0.29) is 5.91 Å². The maximum atomic E-state index is 11.9. The topological polar surface area (TPSA) is 66.9 Å². The van der Waals surface area contributed by atoms with Crippen LogP contribution in [0.15, 0.2) is 29.2 Å². The summed E-state index contributed by atoms with van der Waals surface area (Å²) in [5.74, 6) is 0.464. The zero-order valence-electron chi connectivity index (χ0n) is 10.0. The molecule has 0 saturated heterocycles. The minimum absolute atomic E-state index is 0.123. The monoisotopic (exact) mass is 262 g/mol. The molecule has 0 aromatic carbocycles. The number of anilines is 1. The van der Waals surface area contributed by atoms with Crippen LogP contribution in [0.3, 0.4) is 0 Å². The van der Waals surface area contributed by atoms with Gasteiger partial charge in [0.15, 0.2) is 0 Å². The van der Waals surface area contributed by atoms with E-state index in [0.29, 0.717) is 17.9 Å². The molecule has 0 radical (unpaired) electrons. The van der Waals surface area contributed by atoms with E-state index >= 15 is 0 Å². The summed E-state index contributed by atoms with van der Waals surface area (Å²) in [5.41, 5.74) is 3.34. The average Bonchev–Trinajstić information content (AvgIpc) is 2.91. The number of thiazole rings is 1. The van der Waals surface area contributed by atoms with Crippen molar-refractivity contribution in [3.63, 3.8) is 0 Å². The predicted molar refractivity (Wildman–Crippen MR) is 71.9 cm³/mol. The van der Waals surface area contributed by atoms with Gasteiger partial charge < -0.3 is 10.6 Å². The summed E-state index contributed by atoms with van der Waals surface area (Å²) in [6.07, 6.45) is 2.39. The minimum Gasteiger partial charge on any atom is -0.372 e. The van der Waals surface area contributed by atoms with Crippen LogP contribution >= 0.6 is 11.3 Å². The maximum Gasteiger partial charge on any atom is 0.255 e. The molecular weight excluding hydrogens is 248 g/mol. The van der Waals surface area contributed by atoms with Crippen molar-refractivity contribution in [2.45, 2.75) is 6.42 Å². The molecule has 0 saturated carbocycles. The fraction of sp³-hybridized carbons (Fsp3) is 0.250. The SMILES string of the molecule is CNc1ncccc1C(=O)NCCc1cscn1. The molecular formula is C12H14N4OS. The number of nitrogens with zero attached hydrogens (tertiary/aromatic N) is 2. The molecule has 0 unspecified atom stereocenters. The lowest BCUT2D eigenvalue weighted by Crippen LogP contribution is -2.26. The molecule has 0 spiro atoms. The highest BCUT2D eigenvalue weighted by atomic mass is 32.1. The van der Waals surface area contributed by atoms with Gasteiger partial charge in [0.25, 0.3) is 5.91 Å². The first-order valence-corrected chi connectivity index (χ1v) is 6.53. The Balaban J connectivity index is 1.91. The van der Waals surface area contributed by atoms with E-state index < -0.39 is 0 Å². The van der Waals surface area contributed by atoms with Gasteiger partial charge in [-0.3, -0.25) is 4.79 Å². The first kappa shape index (κ1) is 12.5. The van der Waals surface area contributed by atoms with Crippen LogP contribution in [0.4, 0.5) is 5.82 Å². The summed E-state index contributed by atoms with van der Waals surface area (Å²) < 4.78 is 0. The standard InChI is InChI=1S/C12H14N4OS/c1-13-11-10(3-2-5-14-11)12(17)15-6-4-9-7-18-8-16-9/h2-3,5,7-8H,4,6H2,1H3,(H,13,14)(H,15,17). The number of carbonyl (C=O) groups is 1. The molecule has 94 valence electrons. The molecule has 5 nitrogen and oxygen atoms in total. The van der Waals surface area contributed by atoms with Gasteiger partial charge in [-0.1, -0.05) is 0 Å². The number of amides is 1. The molecule has 0 bridgehead atoms. The molecule has 2 aromatic rings. The van der Waals surface area contributed by atoms with Crippen molar-refractivity contribution in [3.05, 3.63) is 40.5 Å². The zero-order valence-corrected chi connectivity index (χ0v) is 10.8. The minimum atomic E-state index is -0.123. The van der Waals surface area contributed by atoms with Crippen molar-refractivity contribution in [2.75, 3.05) is 18.9 Å². The number of carbonyl (C=O) groups excluding carboxylic acids is 1. The first-order valence-electron chi connectivity index (χ1n) is 5.59. The van der Waals surface area contributed by atoms with E-state index in [0.717, 1.165) is 12.1 Å². The molecule has 0 aliphatic rings. The average molecular weight is 262 g/mol. The fourth-order valence-electron chi connectivity index (χ4n) is 1.55. The van der Waals surface area contributed by atoms with E-state index in [1.165, 1.54) is 0 Å². The lowest BCUT2D eigenvalue weighted by atomic mass is 10.2. The van der Waals surface area contributed by atoms with E-state index in [1.807, 2.05) is 5.38 Å².